The van der Waals surface area contributed by atoms with E-state index in [4.69, 9.17) is 21.1 Å². The average molecular weight is 391 g/mol. The normalized spacial score (nSPS) is 10.3. The van der Waals surface area contributed by atoms with Crippen molar-refractivity contribution in [1.29, 1.82) is 0 Å². The molecule has 0 fully saturated rings. The van der Waals surface area contributed by atoms with Crippen LogP contribution >= 0.6 is 11.6 Å². The van der Waals surface area contributed by atoms with Gasteiger partial charge in [0.25, 0.3) is 0 Å². The molecular weight excluding hydrogens is 368 g/mol. The lowest BCUT2D eigenvalue weighted by molar-refractivity contribution is -0.117. The number of benzene rings is 2. The Bertz CT molecular complexity index is 821. The number of ether oxygens (including phenoxy) is 2. The van der Waals surface area contributed by atoms with Gasteiger partial charge in [-0.05, 0) is 42.8 Å². The Balaban J connectivity index is 2.09. The van der Waals surface area contributed by atoms with Gasteiger partial charge in [0, 0.05) is 36.7 Å². The summed E-state index contributed by atoms with van der Waals surface area (Å²) in [5, 5.41) is 3.36. The number of hydrogen-bond acceptors (Lipinski definition) is 4. The molecule has 2 aromatic rings. The Morgan fingerprint density at radius 3 is 2.33 bits per heavy atom. The van der Waals surface area contributed by atoms with Crippen LogP contribution in [0.25, 0.3) is 0 Å². The standard InChI is InChI=1S/C20H23ClN2O4/c1-13-11-18(19(27-4)12-17(13)21)23(14(2)24)10-9-20(25)22-15-5-7-16(26-3)8-6-15/h5-8,11-12H,9-10H2,1-4H3,(H,22,25). The molecule has 7 heteroatoms. The molecule has 27 heavy (non-hydrogen) atoms. The summed E-state index contributed by atoms with van der Waals surface area (Å²) in [5.74, 6) is 0.806. The van der Waals surface area contributed by atoms with Gasteiger partial charge in [-0.2, -0.15) is 0 Å². The predicted molar refractivity (Wildman–Crippen MR) is 107 cm³/mol. The molecule has 0 aliphatic carbocycles. The number of carbonyl (C=O) groups excluding carboxylic acids is 2. The molecule has 2 rings (SSSR count). The minimum absolute atomic E-state index is 0.135. The van der Waals surface area contributed by atoms with Crippen molar-refractivity contribution >= 4 is 34.8 Å². The number of halogens is 1. The molecular formula is C20H23ClN2O4. The van der Waals surface area contributed by atoms with E-state index < -0.39 is 0 Å². The maximum Gasteiger partial charge on any atom is 0.226 e. The molecule has 6 nitrogen and oxygen atoms in total. The number of rotatable bonds is 7. The fourth-order valence-electron chi connectivity index (χ4n) is 2.58. The number of carbonyl (C=O) groups is 2. The largest absolute Gasteiger partial charge is 0.497 e. The van der Waals surface area contributed by atoms with Gasteiger partial charge < -0.3 is 19.7 Å². The molecule has 1 N–H and O–H groups in total. The van der Waals surface area contributed by atoms with E-state index >= 15 is 0 Å². The van der Waals surface area contributed by atoms with Crippen LogP contribution in [0.3, 0.4) is 0 Å². The Hall–Kier alpha value is -2.73. The first kappa shape index (κ1) is 20.6. The molecule has 0 spiro atoms. The van der Waals surface area contributed by atoms with E-state index in [2.05, 4.69) is 5.32 Å². The van der Waals surface area contributed by atoms with Crippen LogP contribution in [0.1, 0.15) is 18.9 Å². The first-order valence-corrected chi connectivity index (χ1v) is 8.79. The predicted octanol–water partition coefficient (Wildman–Crippen LogP) is 4.05. The molecule has 0 aromatic heterocycles. The van der Waals surface area contributed by atoms with E-state index in [1.807, 2.05) is 6.92 Å². The fourth-order valence-corrected chi connectivity index (χ4v) is 2.73. The zero-order chi connectivity index (χ0) is 20.0. The molecule has 0 saturated heterocycles. The highest BCUT2D eigenvalue weighted by atomic mass is 35.5. The molecule has 0 atom stereocenters. The number of aryl methyl sites for hydroxylation is 1. The minimum Gasteiger partial charge on any atom is -0.497 e. The van der Waals surface area contributed by atoms with Crippen LogP contribution in [0.4, 0.5) is 11.4 Å². The SMILES string of the molecule is COc1ccc(NC(=O)CCN(C(C)=O)c2cc(C)c(Cl)cc2OC)cc1. The van der Waals surface area contributed by atoms with E-state index in [-0.39, 0.29) is 24.8 Å². The summed E-state index contributed by atoms with van der Waals surface area (Å²) < 4.78 is 10.4. The number of anilines is 2. The quantitative estimate of drug-likeness (QED) is 0.774. The third-order valence-electron chi connectivity index (χ3n) is 4.07. The lowest BCUT2D eigenvalue weighted by Crippen LogP contribution is -2.32. The summed E-state index contributed by atoms with van der Waals surface area (Å²) >= 11 is 6.13. The maximum atomic E-state index is 12.3. The number of nitrogens with one attached hydrogen (secondary N) is 1. The van der Waals surface area contributed by atoms with E-state index in [0.29, 0.717) is 27.9 Å². The molecule has 0 aliphatic heterocycles. The van der Waals surface area contributed by atoms with Gasteiger partial charge in [-0.3, -0.25) is 9.59 Å². The molecule has 0 aliphatic rings. The van der Waals surface area contributed by atoms with Gasteiger partial charge in [0.05, 0.1) is 19.9 Å². The van der Waals surface area contributed by atoms with Crippen molar-refractivity contribution in [3.8, 4) is 11.5 Å². The Morgan fingerprint density at radius 1 is 1.11 bits per heavy atom. The topological polar surface area (TPSA) is 67.9 Å². The summed E-state index contributed by atoms with van der Waals surface area (Å²) in [7, 11) is 3.09. The molecule has 0 saturated carbocycles. The second-order valence-electron chi connectivity index (χ2n) is 5.97. The van der Waals surface area contributed by atoms with Crippen molar-refractivity contribution < 1.29 is 19.1 Å². The average Bonchev–Trinajstić information content (AvgIpc) is 2.64. The Morgan fingerprint density at radius 2 is 1.78 bits per heavy atom. The smallest absolute Gasteiger partial charge is 0.226 e. The van der Waals surface area contributed by atoms with Crippen molar-refractivity contribution in [2.24, 2.45) is 0 Å². The second-order valence-corrected chi connectivity index (χ2v) is 6.38. The summed E-state index contributed by atoms with van der Waals surface area (Å²) in [4.78, 5) is 25.9. The van der Waals surface area contributed by atoms with Crippen molar-refractivity contribution in [3.05, 3.63) is 47.0 Å². The van der Waals surface area contributed by atoms with Gasteiger partial charge in [-0.25, -0.2) is 0 Å². The van der Waals surface area contributed by atoms with Crippen molar-refractivity contribution in [3.63, 3.8) is 0 Å². The van der Waals surface area contributed by atoms with Crippen LogP contribution < -0.4 is 19.7 Å². The van der Waals surface area contributed by atoms with Gasteiger partial charge >= 0.3 is 0 Å². The number of nitrogens with zero attached hydrogens (tertiary/aromatic N) is 1. The number of amides is 2. The zero-order valence-corrected chi connectivity index (χ0v) is 16.6. The molecule has 2 amide bonds. The van der Waals surface area contributed by atoms with Gasteiger partial charge in [-0.15, -0.1) is 0 Å². The Kier molecular flexibility index (Phi) is 7.07. The highest BCUT2D eigenvalue weighted by molar-refractivity contribution is 6.31. The van der Waals surface area contributed by atoms with Crippen LogP contribution in [0.2, 0.25) is 5.02 Å². The zero-order valence-electron chi connectivity index (χ0n) is 15.8. The molecule has 0 bridgehead atoms. The third-order valence-corrected chi connectivity index (χ3v) is 4.47. The molecule has 0 unspecified atom stereocenters. The van der Waals surface area contributed by atoms with Crippen molar-refractivity contribution in [1.82, 2.24) is 0 Å². The first-order valence-electron chi connectivity index (χ1n) is 8.42. The summed E-state index contributed by atoms with van der Waals surface area (Å²) in [5.41, 5.74) is 2.07. The van der Waals surface area contributed by atoms with Gasteiger partial charge in [0.1, 0.15) is 11.5 Å². The van der Waals surface area contributed by atoms with E-state index in [0.717, 1.165) is 5.56 Å². The number of hydrogen-bond donors (Lipinski definition) is 1. The van der Waals surface area contributed by atoms with E-state index in [1.54, 1.807) is 43.5 Å². The highest BCUT2D eigenvalue weighted by Crippen LogP contribution is 2.34. The third kappa shape index (κ3) is 5.37. The summed E-state index contributed by atoms with van der Waals surface area (Å²) in [6.45, 7) is 3.51. The van der Waals surface area contributed by atoms with Gasteiger partial charge in [0.15, 0.2) is 0 Å². The number of methoxy groups -OCH3 is 2. The minimum atomic E-state index is -0.198. The fraction of sp³-hybridized carbons (Fsp3) is 0.300. The van der Waals surface area contributed by atoms with Crippen LogP contribution in [-0.2, 0) is 9.59 Å². The summed E-state index contributed by atoms with van der Waals surface area (Å²) in [6, 6.07) is 10.5. The van der Waals surface area contributed by atoms with E-state index in [1.165, 1.54) is 18.9 Å². The van der Waals surface area contributed by atoms with E-state index in [9.17, 15) is 9.59 Å². The van der Waals surface area contributed by atoms with Crippen LogP contribution in [0.15, 0.2) is 36.4 Å². The maximum absolute atomic E-state index is 12.3. The van der Waals surface area contributed by atoms with Gasteiger partial charge in [-0.1, -0.05) is 11.6 Å². The molecule has 0 radical (unpaired) electrons. The summed E-state index contributed by atoms with van der Waals surface area (Å²) in [6.07, 6.45) is 0.135. The lowest BCUT2D eigenvalue weighted by Gasteiger charge is -2.24. The first-order chi connectivity index (χ1) is 12.8. The lowest BCUT2D eigenvalue weighted by atomic mass is 10.1. The molecule has 144 valence electrons. The molecule has 2 aromatic carbocycles. The highest BCUT2D eigenvalue weighted by Gasteiger charge is 2.19. The van der Waals surface area contributed by atoms with Crippen molar-refractivity contribution in [2.75, 3.05) is 31.0 Å². The van der Waals surface area contributed by atoms with Crippen LogP contribution in [-0.4, -0.2) is 32.6 Å². The molecule has 0 heterocycles. The van der Waals surface area contributed by atoms with Crippen molar-refractivity contribution in [2.45, 2.75) is 20.3 Å². The monoisotopic (exact) mass is 390 g/mol. The Labute approximate surface area is 164 Å². The van der Waals surface area contributed by atoms with Crippen LogP contribution in [0, 0.1) is 6.92 Å². The second kappa shape index (κ2) is 9.28. The van der Waals surface area contributed by atoms with Gasteiger partial charge in [0.2, 0.25) is 11.8 Å². The van der Waals surface area contributed by atoms with Crippen LogP contribution in [0.5, 0.6) is 11.5 Å².